The van der Waals surface area contributed by atoms with Gasteiger partial charge in [0, 0.05) is 0 Å². The molecule has 10 heavy (non-hydrogen) atoms. The molecule has 0 N–H and O–H groups in total. The van der Waals surface area contributed by atoms with Gasteiger partial charge in [0.25, 0.3) is 0 Å². The monoisotopic (exact) mass is 156 g/mol. The molecule has 2 heteroatoms. The van der Waals surface area contributed by atoms with Gasteiger partial charge in [-0.25, -0.2) is 0 Å². The molecular formula is C8H17AlO. The maximum atomic E-state index is 10.1. The van der Waals surface area contributed by atoms with Crippen LogP contribution in [0.25, 0.3) is 0 Å². The molecule has 0 spiro atoms. The average Bonchev–Trinajstić information content (AvgIpc) is 1.97. The first-order chi connectivity index (χ1) is 4.91. The van der Waals surface area contributed by atoms with Crippen molar-refractivity contribution in [1.29, 1.82) is 0 Å². The Balaban J connectivity index is 2.70. The maximum absolute atomic E-state index is 10.1. The topological polar surface area (TPSA) is 17.1 Å². The summed E-state index contributed by atoms with van der Waals surface area (Å²) in [4.78, 5) is 0. The molecule has 0 radical (unpaired) electrons. The van der Waals surface area contributed by atoms with Crippen molar-refractivity contribution in [2.75, 3.05) is 0 Å². The van der Waals surface area contributed by atoms with E-state index in [0.29, 0.717) is 0 Å². The van der Waals surface area contributed by atoms with Gasteiger partial charge in [-0.1, -0.05) is 0 Å². The van der Waals surface area contributed by atoms with E-state index < -0.39 is 15.2 Å². The molecule has 0 saturated heterocycles. The van der Waals surface area contributed by atoms with Crippen molar-refractivity contribution in [3.8, 4) is 0 Å². The Morgan fingerprint density at radius 3 is 2.20 bits per heavy atom. The second-order valence-electron chi connectivity index (χ2n) is 2.72. The van der Waals surface area contributed by atoms with Gasteiger partial charge in [0.15, 0.2) is 0 Å². The minimum atomic E-state index is -0.478. The number of hydrogen-bond donors (Lipinski definition) is 0. The molecule has 0 fully saturated rings. The van der Waals surface area contributed by atoms with Crippen LogP contribution in [0.15, 0.2) is 0 Å². The summed E-state index contributed by atoms with van der Waals surface area (Å²) >= 11 is -0.478. The van der Waals surface area contributed by atoms with E-state index in [1.807, 2.05) is 0 Å². The summed E-state index contributed by atoms with van der Waals surface area (Å²) < 4.78 is 10.1. The molecule has 0 aliphatic carbocycles. The summed E-state index contributed by atoms with van der Waals surface area (Å²) in [6.45, 7) is 2.22. The molecule has 0 amide bonds. The van der Waals surface area contributed by atoms with Crippen molar-refractivity contribution in [3.05, 3.63) is 0 Å². The summed E-state index contributed by atoms with van der Waals surface area (Å²) in [5, 5.41) is 0.964. The molecule has 0 rings (SSSR count). The van der Waals surface area contributed by atoms with Crippen molar-refractivity contribution in [2.45, 2.75) is 50.7 Å². The minimum absolute atomic E-state index is 0.478. The van der Waals surface area contributed by atoms with E-state index in [1.54, 1.807) is 0 Å². The van der Waals surface area contributed by atoms with Crippen molar-refractivity contribution in [3.63, 3.8) is 0 Å². The zero-order chi connectivity index (χ0) is 7.66. The Morgan fingerprint density at radius 2 is 1.60 bits per heavy atom. The first-order valence-electron chi connectivity index (χ1n) is 4.35. The molecular weight excluding hydrogens is 139 g/mol. The Hall–Kier alpha value is 0.332. The van der Waals surface area contributed by atoms with Crippen LogP contribution in [0.5, 0.6) is 0 Å². The van der Waals surface area contributed by atoms with E-state index in [1.165, 1.54) is 38.5 Å². The van der Waals surface area contributed by atoms with Gasteiger partial charge in [-0.2, -0.15) is 0 Å². The fourth-order valence-electron chi connectivity index (χ4n) is 1.01. The molecule has 0 bridgehead atoms. The molecule has 0 aliphatic rings. The van der Waals surface area contributed by atoms with Crippen molar-refractivity contribution in [1.82, 2.24) is 0 Å². The SMILES string of the molecule is CCCCCCC[CH2][Al]=[O]. The van der Waals surface area contributed by atoms with Crippen LogP contribution in [0.3, 0.4) is 0 Å². The molecule has 0 aromatic carbocycles. The van der Waals surface area contributed by atoms with Gasteiger partial charge in [0.05, 0.1) is 0 Å². The predicted molar refractivity (Wildman–Crippen MR) is 44.6 cm³/mol. The molecule has 0 heterocycles. The quantitative estimate of drug-likeness (QED) is 0.409. The van der Waals surface area contributed by atoms with E-state index in [9.17, 15) is 3.80 Å². The van der Waals surface area contributed by atoms with Gasteiger partial charge in [0.2, 0.25) is 0 Å². The Labute approximate surface area is 70.1 Å². The third kappa shape index (κ3) is 8.33. The molecule has 58 valence electrons. The average molecular weight is 156 g/mol. The van der Waals surface area contributed by atoms with Crippen LogP contribution in [0.1, 0.15) is 45.4 Å². The van der Waals surface area contributed by atoms with Crippen molar-refractivity contribution >= 4 is 15.2 Å². The van der Waals surface area contributed by atoms with Crippen LogP contribution in [0.4, 0.5) is 0 Å². The van der Waals surface area contributed by atoms with Gasteiger partial charge in [-0.15, -0.1) is 0 Å². The molecule has 1 nitrogen and oxygen atoms in total. The summed E-state index contributed by atoms with van der Waals surface area (Å²) in [7, 11) is 0. The van der Waals surface area contributed by atoms with Gasteiger partial charge in [-0.3, -0.25) is 0 Å². The number of unbranched alkanes of at least 4 members (excludes halogenated alkanes) is 5. The normalized spacial score (nSPS) is 9.30. The summed E-state index contributed by atoms with van der Waals surface area (Å²) in [5.74, 6) is 0. The van der Waals surface area contributed by atoms with Crippen LogP contribution in [-0.4, -0.2) is 15.2 Å². The summed E-state index contributed by atoms with van der Waals surface area (Å²) in [6, 6.07) is 0. The van der Waals surface area contributed by atoms with Gasteiger partial charge in [0.1, 0.15) is 0 Å². The van der Waals surface area contributed by atoms with E-state index in [4.69, 9.17) is 0 Å². The third-order valence-corrected chi connectivity index (χ3v) is 2.32. The van der Waals surface area contributed by atoms with E-state index in [2.05, 4.69) is 6.92 Å². The molecule has 0 aliphatic heterocycles. The second kappa shape index (κ2) is 9.33. The van der Waals surface area contributed by atoms with Crippen LogP contribution in [0, 0.1) is 0 Å². The van der Waals surface area contributed by atoms with Crippen molar-refractivity contribution in [2.24, 2.45) is 0 Å². The first-order valence-corrected chi connectivity index (χ1v) is 5.64. The van der Waals surface area contributed by atoms with E-state index in [0.717, 1.165) is 5.28 Å². The molecule has 0 aromatic heterocycles. The van der Waals surface area contributed by atoms with Crippen molar-refractivity contribution < 1.29 is 3.80 Å². The summed E-state index contributed by atoms with van der Waals surface area (Å²) in [5.41, 5.74) is 0. The van der Waals surface area contributed by atoms with Crippen LogP contribution in [0.2, 0.25) is 5.28 Å². The number of rotatable bonds is 7. The van der Waals surface area contributed by atoms with Crippen LogP contribution < -0.4 is 0 Å². The molecule has 0 unspecified atom stereocenters. The van der Waals surface area contributed by atoms with Gasteiger partial charge >= 0.3 is 69.7 Å². The van der Waals surface area contributed by atoms with Gasteiger partial charge < -0.3 is 0 Å². The van der Waals surface area contributed by atoms with E-state index >= 15 is 0 Å². The second-order valence-corrected chi connectivity index (χ2v) is 3.63. The third-order valence-electron chi connectivity index (χ3n) is 1.68. The predicted octanol–water partition coefficient (Wildman–Crippen LogP) is 2.81. The van der Waals surface area contributed by atoms with Crippen LogP contribution in [-0.2, 0) is 3.80 Å². The zero-order valence-corrected chi connectivity index (χ0v) is 8.09. The summed E-state index contributed by atoms with van der Waals surface area (Å²) in [6.07, 6.45) is 7.85. The first kappa shape index (κ1) is 10.3. The van der Waals surface area contributed by atoms with Crippen LogP contribution >= 0.6 is 0 Å². The Morgan fingerprint density at radius 1 is 1.00 bits per heavy atom. The van der Waals surface area contributed by atoms with E-state index in [-0.39, 0.29) is 0 Å². The Kier molecular flexibility index (Phi) is 9.64. The van der Waals surface area contributed by atoms with Gasteiger partial charge in [-0.05, 0) is 0 Å². The fraction of sp³-hybridized carbons (Fsp3) is 1.00. The Bertz CT molecular complexity index is 73.7. The molecule has 0 aromatic rings. The molecule has 0 saturated carbocycles. The standard InChI is InChI=1S/C8H17.Al.O/c1-3-5-7-8-6-4-2;;/h1,3-8H2,2H3;;. The molecule has 0 atom stereocenters. The number of hydrogen-bond acceptors (Lipinski definition) is 1. The zero-order valence-electron chi connectivity index (χ0n) is 6.94. The fourth-order valence-corrected chi connectivity index (χ4v) is 1.46.